The van der Waals surface area contributed by atoms with Gasteiger partial charge >= 0.3 is 0 Å². The van der Waals surface area contributed by atoms with Crippen LogP contribution in [0.25, 0.3) is 5.65 Å². The van der Waals surface area contributed by atoms with Crippen molar-refractivity contribution in [1.82, 2.24) is 14.6 Å². The molecule has 0 saturated heterocycles. The molecule has 0 atom stereocenters. The van der Waals surface area contributed by atoms with Gasteiger partial charge in [0.05, 0.1) is 11.9 Å². The van der Waals surface area contributed by atoms with Gasteiger partial charge in [-0.15, -0.1) is 0 Å². The van der Waals surface area contributed by atoms with Crippen molar-refractivity contribution < 1.29 is 0 Å². The van der Waals surface area contributed by atoms with Crippen LogP contribution in [0.3, 0.4) is 0 Å². The lowest BCUT2D eigenvalue weighted by Crippen LogP contribution is -1.83. The van der Waals surface area contributed by atoms with Gasteiger partial charge in [-0.1, -0.05) is 0 Å². The number of nitrogens with zero attached hydrogens (tertiary/aromatic N) is 2. The van der Waals surface area contributed by atoms with Gasteiger partial charge in [0.15, 0.2) is 5.65 Å². The minimum Gasteiger partial charge on any atom is -0.300 e. The Bertz CT molecular complexity index is 317. The maximum atomic E-state index is 4.11. The zero-order valence-electron chi connectivity index (χ0n) is 5.13. The van der Waals surface area contributed by atoms with Crippen molar-refractivity contribution in [3.63, 3.8) is 0 Å². The lowest BCUT2D eigenvalue weighted by molar-refractivity contribution is 0.931. The smallest absolute Gasteiger partial charge is 0.153 e. The summed E-state index contributed by atoms with van der Waals surface area (Å²) in [5.74, 6) is 0. The van der Waals surface area contributed by atoms with E-state index in [0.717, 1.165) is 11.3 Å². The van der Waals surface area contributed by atoms with Crippen molar-refractivity contribution in [3.8, 4) is 0 Å². The molecule has 3 heteroatoms. The molecule has 0 aliphatic rings. The number of rotatable bonds is 0. The fourth-order valence-electron chi connectivity index (χ4n) is 0.928. The third-order valence-corrected chi connectivity index (χ3v) is 1.40. The van der Waals surface area contributed by atoms with Crippen LogP contribution >= 0.6 is 0 Å². The molecule has 0 aliphatic heterocycles. The van der Waals surface area contributed by atoms with E-state index < -0.39 is 0 Å². The third kappa shape index (κ3) is 0.483. The Balaban J connectivity index is 2.99. The van der Waals surface area contributed by atoms with E-state index in [9.17, 15) is 0 Å². The van der Waals surface area contributed by atoms with E-state index in [2.05, 4.69) is 10.1 Å². The zero-order chi connectivity index (χ0) is 6.27. The first-order valence-electron chi connectivity index (χ1n) is 2.85. The molecule has 0 saturated carbocycles. The van der Waals surface area contributed by atoms with Gasteiger partial charge in [0.1, 0.15) is 0 Å². The molecule has 46 valence electrons. The lowest BCUT2D eigenvalue weighted by Gasteiger charge is -1.83. The Hall–Kier alpha value is -1.25. The number of nitrogens with one attached hydrogen (secondary N) is 1. The van der Waals surface area contributed by atoms with E-state index in [1.807, 2.05) is 29.9 Å². The summed E-state index contributed by atoms with van der Waals surface area (Å²) in [4.78, 5) is 4.11. The van der Waals surface area contributed by atoms with Crippen molar-refractivity contribution in [2.24, 2.45) is 0 Å². The summed E-state index contributed by atoms with van der Waals surface area (Å²) in [6, 6.07) is 1.94. The Morgan fingerprint density at radius 1 is 1.67 bits per heavy atom. The van der Waals surface area contributed by atoms with E-state index >= 15 is 0 Å². The van der Waals surface area contributed by atoms with Gasteiger partial charge in [-0.05, 0) is 6.92 Å². The molecular formula is C6H7N3. The Kier molecular flexibility index (Phi) is 0.704. The first kappa shape index (κ1) is 4.61. The highest BCUT2D eigenvalue weighted by molar-refractivity contribution is 5.37. The Morgan fingerprint density at radius 3 is 3.33 bits per heavy atom. The quantitative estimate of drug-likeness (QED) is 0.553. The maximum Gasteiger partial charge on any atom is 0.153 e. The number of aryl methyl sites for hydroxylation is 1. The number of fused-ring (bicyclic) bond motifs is 1. The maximum absolute atomic E-state index is 4.11. The zero-order valence-corrected chi connectivity index (χ0v) is 5.13. The first-order valence-corrected chi connectivity index (χ1v) is 2.85. The van der Waals surface area contributed by atoms with E-state index in [0.29, 0.717) is 0 Å². The minimum atomic E-state index is 0.979. The second-order valence-corrected chi connectivity index (χ2v) is 2.06. The summed E-state index contributed by atoms with van der Waals surface area (Å²) in [5, 5.41) is 3.02. The molecule has 9 heavy (non-hydrogen) atoms. The molecule has 0 bridgehead atoms. The standard InChI is InChI=1S/C6H7N3/c1-5-4-7-6-2-3-8-9(5)6/h2-4,8H,1H3. The molecule has 1 N–H and O–H groups in total. The van der Waals surface area contributed by atoms with Crippen molar-refractivity contribution in [1.29, 1.82) is 0 Å². The Morgan fingerprint density at radius 2 is 2.56 bits per heavy atom. The topological polar surface area (TPSA) is 33.1 Å². The molecule has 0 radical (unpaired) electrons. The number of H-pyrrole nitrogens is 1. The highest BCUT2D eigenvalue weighted by Crippen LogP contribution is 2.01. The van der Waals surface area contributed by atoms with Crippen molar-refractivity contribution in [3.05, 3.63) is 24.2 Å². The monoisotopic (exact) mass is 121 g/mol. The van der Waals surface area contributed by atoms with Gasteiger partial charge in [0, 0.05) is 12.3 Å². The number of hydrogen-bond acceptors (Lipinski definition) is 1. The summed E-state index contributed by atoms with van der Waals surface area (Å²) in [7, 11) is 0. The van der Waals surface area contributed by atoms with Crippen LogP contribution in [0.5, 0.6) is 0 Å². The molecule has 0 aromatic carbocycles. The lowest BCUT2D eigenvalue weighted by atomic mass is 10.6. The molecule has 2 aromatic heterocycles. The van der Waals surface area contributed by atoms with Gasteiger partial charge in [-0.25, -0.2) is 9.50 Å². The molecule has 0 spiro atoms. The van der Waals surface area contributed by atoms with Crippen LogP contribution < -0.4 is 0 Å². The molecule has 0 fully saturated rings. The highest BCUT2D eigenvalue weighted by Gasteiger charge is 1.94. The first-order chi connectivity index (χ1) is 4.38. The van der Waals surface area contributed by atoms with E-state index in [1.165, 1.54) is 0 Å². The Labute approximate surface area is 52.3 Å². The van der Waals surface area contributed by atoms with E-state index in [1.54, 1.807) is 0 Å². The fraction of sp³-hybridized carbons (Fsp3) is 0.167. The van der Waals surface area contributed by atoms with E-state index in [4.69, 9.17) is 0 Å². The summed E-state index contributed by atoms with van der Waals surface area (Å²) in [5.41, 5.74) is 2.11. The second-order valence-electron chi connectivity index (χ2n) is 2.06. The van der Waals surface area contributed by atoms with Crippen LogP contribution in [0.1, 0.15) is 5.69 Å². The number of hydrogen-bond donors (Lipinski definition) is 1. The van der Waals surface area contributed by atoms with Gasteiger partial charge in [-0.2, -0.15) is 0 Å². The summed E-state index contributed by atoms with van der Waals surface area (Å²) < 4.78 is 1.93. The number of aromatic nitrogens is 3. The second kappa shape index (κ2) is 1.37. The van der Waals surface area contributed by atoms with Gasteiger partial charge in [-0.3, -0.25) is 5.10 Å². The van der Waals surface area contributed by atoms with Crippen LogP contribution in [0.15, 0.2) is 18.5 Å². The number of imidazole rings is 1. The van der Waals surface area contributed by atoms with Gasteiger partial charge in [0.2, 0.25) is 0 Å². The highest BCUT2D eigenvalue weighted by atomic mass is 15.3. The SMILES string of the molecule is Cc1cnc2cc[nH]n12. The van der Waals surface area contributed by atoms with Crippen LogP contribution in [-0.2, 0) is 0 Å². The summed E-state index contributed by atoms with van der Waals surface area (Å²) >= 11 is 0. The number of aromatic amines is 1. The van der Waals surface area contributed by atoms with Gasteiger partial charge in [0.25, 0.3) is 0 Å². The van der Waals surface area contributed by atoms with Crippen LogP contribution in [0.4, 0.5) is 0 Å². The molecule has 0 amide bonds. The molecule has 2 rings (SSSR count). The normalized spacial score (nSPS) is 10.8. The molecule has 3 nitrogen and oxygen atoms in total. The summed E-state index contributed by atoms with van der Waals surface area (Å²) in [6.07, 6.45) is 3.71. The summed E-state index contributed by atoms with van der Waals surface area (Å²) in [6.45, 7) is 2.01. The fourth-order valence-corrected chi connectivity index (χ4v) is 0.928. The third-order valence-electron chi connectivity index (χ3n) is 1.40. The average molecular weight is 121 g/mol. The van der Waals surface area contributed by atoms with E-state index in [-0.39, 0.29) is 0 Å². The minimum absolute atomic E-state index is 0.979. The van der Waals surface area contributed by atoms with Crippen LogP contribution in [-0.4, -0.2) is 14.6 Å². The molecule has 0 aliphatic carbocycles. The predicted octanol–water partition coefficient (Wildman–Crippen LogP) is 0.971. The predicted molar refractivity (Wildman–Crippen MR) is 34.3 cm³/mol. The molecule has 0 unspecified atom stereocenters. The van der Waals surface area contributed by atoms with Crippen molar-refractivity contribution in [2.75, 3.05) is 0 Å². The molecule has 2 aromatic rings. The average Bonchev–Trinajstić information content (AvgIpc) is 2.35. The van der Waals surface area contributed by atoms with Crippen molar-refractivity contribution >= 4 is 5.65 Å². The van der Waals surface area contributed by atoms with Gasteiger partial charge < -0.3 is 0 Å². The van der Waals surface area contributed by atoms with Crippen LogP contribution in [0.2, 0.25) is 0 Å². The van der Waals surface area contributed by atoms with Crippen molar-refractivity contribution in [2.45, 2.75) is 6.92 Å². The molecular weight excluding hydrogens is 114 g/mol. The van der Waals surface area contributed by atoms with Crippen LogP contribution in [0, 0.1) is 6.92 Å². The molecule has 2 heterocycles. The largest absolute Gasteiger partial charge is 0.300 e.